The molecule has 114 valence electrons. The predicted molar refractivity (Wildman–Crippen MR) is 78.7 cm³/mol. The molecule has 3 N–H and O–H groups in total. The highest BCUT2D eigenvalue weighted by atomic mass is 32.2. The van der Waals surface area contributed by atoms with Crippen molar-refractivity contribution in [2.24, 2.45) is 18.9 Å². The highest BCUT2D eigenvalue weighted by molar-refractivity contribution is 7.89. The van der Waals surface area contributed by atoms with E-state index in [1.807, 2.05) is 0 Å². The molecule has 0 saturated heterocycles. The third kappa shape index (κ3) is 3.15. The second-order valence-electron chi connectivity index (χ2n) is 5.90. The summed E-state index contributed by atoms with van der Waals surface area (Å²) in [6.45, 7) is 4.45. The molecular formula is C13H24N4O2S. The number of nitrogens with zero attached hydrogens (tertiary/aromatic N) is 2. The van der Waals surface area contributed by atoms with Crippen molar-refractivity contribution < 1.29 is 8.42 Å². The second-order valence-corrected chi connectivity index (χ2v) is 7.60. The van der Waals surface area contributed by atoms with E-state index in [-0.39, 0.29) is 10.7 Å². The van der Waals surface area contributed by atoms with Crippen LogP contribution in [0.25, 0.3) is 0 Å². The first-order chi connectivity index (χ1) is 9.31. The van der Waals surface area contributed by atoms with E-state index in [0.29, 0.717) is 18.2 Å². The lowest BCUT2D eigenvalue weighted by Crippen LogP contribution is -2.31. The smallest absolute Gasteiger partial charge is 0.246 e. The number of hydrogen-bond donors (Lipinski definition) is 2. The maximum absolute atomic E-state index is 12.3. The molecule has 0 amide bonds. The number of nitrogen functional groups attached to an aromatic ring is 1. The van der Waals surface area contributed by atoms with E-state index >= 15 is 0 Å². The number of sulfonamides is 1. The Morgan fingerprint density at radius 2 is 1.95 bits per heavy atom. The van der Waals surface area contributed by atoms with Crippen LogP contribution in [0.15, 0.2) is 4.90 Å². The number of nitrogens with one attached hydrogen (secondary N) is 1. The van der Waals surface area contributed by atoms with Gasteiger partial charge in [0.05, 0.1) is 5.69 Å². The molecule has 7 heteroatoms. The van der Waals surface area contributed by atoms with Crippen LogP contribution in [0.3, 0.4) is 0 Å². The summed E-state index contributed by atoms with van der Waals surface area (Å²) in [4.78, 5) is 0.115. The van der Waals surface area contributed by atoms with Gasteiger partial charge in [0.15, 0.2) is 5.82 Å². The summed E-state index contributed by atoms with van der Waals surface area (Å²) in [6, 6.07) is 0. The molecule has 1 fully saturated rings. The number of aromatic nitrogens is 2. The van der Waals surface area contributed by atoms with Crippen molar-refractivity contribution in [1.29, 1.82) is 0 Å². The first-order valence-electron chi connectivity index (χ1n) is 7.10. The highest BCUT2D eigenvalue weighted by Gasteiger charge is 2.26. The molecule has 1 aromatic rings. The molecule has 0 bridgehead atoms. The molecule has 0 aliphatic heterocycles. The average molecular weight is 300 g/mol. The Morgan fingerprint density at radius 1 is 1.35 bits per heavy atom. The number of nitrogens with two attached hydrogens (primary N) is 1. The summed E-state index contributed by atoms with van der Waals surface area (Å²) >= 11 is 0. The Morgan fingerprint density at radius 3 is 2.45 bits per heavy atom. The van der Waals surface area contributed by atoms with Gasteiger partial charge in [-0.15, -0.1) is 0 Å². The van der Waals surface area contributed by atoms with Crippen LogP contribution in [0.1, 0.15) is 38.3 Å². The van der Waals surface area contributed by atoms with Gasteiger partial charge in [-0.3, -0.25) is 4.68 Å². The zero-order chi connectivity index (χ0) is 14.9. The minimum Gasteiger partial charge on any atom is -0.381 e. The minimum absolute atomic E-state index is 0.0646. The highest BCUT2D eigenvalue weighted by Crippen LogP contribution is 2.28. The third-order valence-corrected chi connectivity index (χ3v) is 5.86. The molecule has 0 unspecified atom stereocenters. The van der Waals surface area contributed by atoms with Gasteiger partial charge in [0.2, 0.25) is 10.0 Å². The maximum Gasteiger partial charge on any atom is 0.246 e. The van der Waals surface area contributed by atoms with Gasteiger partial charge in [-0.1, -0.05) is 19.8 Å². The molecule has 1 aliphatic rings. The van der Waals surface area contributed by atoms with E-state index < -0.39 is 10.0 Å². The van der Waals surface area contributed by atoms with Crippen LogP contribution in [0, 0.1) is 18.8 Å². The SMILES string of the molecule is Cc1c(S(=O)(=O)NCC2CCC(C)CC2)c(N)nn1C. The molecule has 1 heterocycles. The van der Waals surface area contributed by atoms with Crippen molar-refractivity contribution >= 4 is 15.8 Å². The fourth-order valence-electron chi connectivity index (χ4n) is 2.78. The standard InChI is InChI=1S/C13H24N4O2S/c1-9-4-6-11(7-5-9)8-15-20(18,19)12-10(2)17(3)16-13(12)14/h9,11,15H,4-8H2,1-3H3,(H2,14,16). The van der Waals surface area contributed by atoms with Gasteiger partial charge in [-0.2, -0.15) is 5.10 Å². The number of hydrogen-bond acceptors (Lipinski definition) is 4. The van der Waals surface area contributed by atoms with Crippen LogP contribution in [-0.4, -0.2) is 24.7 Å². The summed E-state index contributed by atoms with van der Waals surface area (Å²) in [6.07, 6.45) is 4.54. The molecule has 20 heavy (non-hydrogen) atoms. The molecule has 1 aromatic heterocycles. The van der Waals surface area contributed by atoms with Crippen molar-refractivity contribution in [3.63, 3.8) is 0 Å². The van der Waals surface area contributed by atoms with Gasteiger partial charge in [0.25, 0.3) is 0 Å². The van der Waals surface area contributed by atoms with E-state index in [2.05, 4.69) is 16.7 Å². The molecule has 1 aliphatic carbocycles. The zero-order valence-electron chi connectivity index (χ0n) is 12.4. The Hall–Kier alpha value is -1.08. The fraction of sp³-hybridized carbons (Fsp3) is 0.769. The van der Waals surface area contributed by atoms with Crippen molar-refractivity contribution in [1.82, 2.24) is 14.5 Å². The Labute approximate surface area is 120 Å². The van der Waals surface area contributed by atoms with Gasteiger partial charge in [-0.25, -0.2) is 13.1 Å². The zero-order valence-corrected chi connectivity index (χ0v) is 13.2. The summed E-state index contributed by atoms with van der Waals surface area (Å²) in [5, 5.41) is 3.96. The lowest BCUT2D eigenvalue weighted by atomic mass is 9.83. The number of rotatable bonds is 4. The van der Waals surface area contributed by atoms with Gasteiger partial charge in [0.1, 0.15) is 4.90 Å². The normalized spacial score (nSPS) is 23.9. The molecular weight excluding hydrogens is 276 g/mol. The van der Waals surface area contributed by atoms with E-state index in [0.717, 1.165) is 18.8 Å². The van der Waals surface area contributed by atoms with E-state index in [1.165, 1.54) is 17.5 Å². The molecule has 0 radical (unpaired) electrons. The van der Waals surface area contributed by atoms with Crippen molar-refractivity contribution in [2.45, 2.75) is 44.4 Å². The quantitative estimate of drug-likeness (QED) is 0.880. The summed E-state index contributed by atoms with van der Waals surface area (Å²) < 4.78 is 28.9. The summed E-state index contributed by atoms with van der Waals surface area (Å²) in [5.74, 6) is 1.26. The predicted octanol–water partition coefficient (Wildman–Crippen LogP) is 1.42. The van der Waals surface area contributed by atoms with Crippen LogP contribution in [0.4, 0.5) is 5.82 Å². The number of anilines is 1. The van der Waals surface area contributed by atoms with Crippen LogP contribution in [0.2, 0.25) is 0 Å². The Balaban J connectivity index is 2.04. The first-order valence-corrected chi connectivity index (χ1v) is 8.58. The van der Waals surface area contributed by atoms with Crippen LogP contribution in [-0.2, 0) is 17.1 Å². The topological polar surface area (TPSA) is 90.0 Å². The van der Waals surface area contributed by atoms with Crippen LogP contribution < -0.4 is 10.5 Å². The molecule has 2 rings (SSSR count). The van der Waals surface area contributed by atoms with Crippen molar-refractivity contribution in [3.8, 4) is 0 Å². The van der Waals surface area contributed by atoms with Crippen molar-refractivity contribution in [3.05, 3.63) is 5.69 Å². The summed E-state index contributed by atoms with van der Waals surface area (Å²) in [7, 11) is -1.88. The molecule has 0 atom stereocenters. The molecule has 6 nitrogen and oxygen atoms in total. The average Bonchev–Trinajstić information content (AvgIpc) is 2.63. The number of aryl methyl sites for hydroxylation is 1. The van der Waals surface area contributed by atoms with Gasteiger partial charge >= 0.3 is 0 Å². The summed E-state index contributed by atoms with van der Waals surface area (Å²) in [5.41, 5.74) is 6.27. The fourth-order valence-corrected chi connectivity index (χ4v) is 4.22. The minimum atomic E-state index is -3.57. The van der Waals surface area contributed by atoms with E-state index in [1.54, 1.807) is 14.0 Å². The third-order valence-electron chi connectivity index (χ3n) is 4.27. The van der Waals surface area contributed by atoms with Crippen LogP contribution >= 0.6 is 0 Å². The lowest BCUT2D eigenvalue weighted by Gasteiger charge is -2.26. The second kappa shape index (κ2) is 5.73. The first kappa shape index (κ1) is 15.3. The van der Waals surface area contributed by atoms with Crippen LogP contribution in [0.5, 0.6) is 0 Å². The van der Waals surface area contributed by atoms with Gasteiger partial charge in [0, 0.05) is 13.6 Å². The maximum atomic E-state index is 12.3. The monoisotopic (exact) mass is 300 g/mol. The van der Waals surface area contributed by atoms with E-state index in [9.17, 15) is 8.42 Å². The molecule has 0 spiro atoms. The lowest BCUT2D eigenvalue weighted by molar-refractivity contribution is 0.290. The van der Waals surface area contributed by atoms with Gasteiger partial charge in [-0.05, 0) is 31.6 Å². The molecule has 1 saturated carbocycles. The van der Waals surface area contributed by atoms with E-state index in [4.69, 9.17) is 5.73 Å². The molecule has 0 aromatic carbocycles. The largest absolute Gasteiger partial charge is 0.381 e. The van der Waals surface area contributed by atoms with Gasteiger partial charge < -0.3 is 5.73 Å². The van der Waals surface area contributed by atoms with Crippen molar-refractivity contribution in [2.75, 3.05) is 12.3 Å². The Bertz CT molecular complexity index is 571. The Kier molecular flexibility index (Phi) is 4.39.